The van der Waals surface area contributed by atoms with Crippen LogP contribution >= 0.6 is 0 Å². The molecule has 0 heterocycles. The van der Waals surface area contributed by atoms with Gasteiger partial charge in [-0.3, -0.25) is 14.5 Å². The summed E-state index contributed by atoms with van der Waals surface area (Å²) in [6.07, 6.45) is 0.766. The standard InChI is InChI=1S/C14H20N2O3/c1-3-10(2)13(15)14(19)16(9-12(17)18)11-7-5-4-6-8-11/h4-8,10,13H,3,9,15H2,1-2H3,(H,17,18)/t10-,13-/m0/s1. The summed E-state index contributed by atoms with van der Waals surface area (Å²) < 4.78 is 0. The Kier molecular flexibility index (Phi) is 5.51. The number of hydrogen-bond donors (Lipinski definition) is 2. The first-order valence-electron chi connectivity index (χ1n) is 6.31. The molecule has 0 aromatic heterocycles. The fourth-order valence-electron chi connectivity index (χ4n) is 1.72. The van der Waals surface area contributed by atoms with Crippen LogP contribution < -0.4 is 10.6 Å². The molecular weight excluding hydrogens is 244 g/mol. The molecule has 1 aromatic carbocycles. The third-order valence-electron chi connectivity index (χ3n) is 3.17. The molecule has 0 aliphatic carbocycles. The molecule has 0 saturated carbocycles. The van der Waals surface area contributed by atoms with Crippen molar-refractivity contribution in [3.8, 4) is 0 Å². The number of carbonyl (C=O) groups is 2. The van der Waals surface area contributed by atoms with Gasteiger partial charge < -0.3 is 10.8 Å². The fraction of sp³-hybridized carbons (Fsp3) is 0.429. The van der Waals surface area contributed by atoms with Gasteiger partial charge in [-0.2, -0.15) is 0 Å². The lowest BCUT2D eigenvalue weighted by Crippen LogP contribution is -2.49. The fourth-order valence-corrected chi connectivity index (χ4v) is 1.72. The summed E-state index contributed by atoms with van der Waals surface area (Å²) in [6, 6.07) is 8.03. The lowest BCUT2D eigenvalue weighted by atomic mass is 9.98. The van der Waals surface area contributed by atoms with Crippen LogP contribution in [0.2, 0.25) is 0 Å². The number of amides is 1. The molecule has 0 fully saturated rings. The summed E-state index contributed by atoms with van der Waals surface area (Å²) >= 11 is 0. The molecule has 0 unspecified atom stereocenters. The van der Waals surface area contributed by atoms with Gasteiger partial charge in [0.25, 0.3) is 0 Å². The third kappa shape index (κ3) is 4.06. The van der Waals surface area contributed by atoms with E-state index in [0.717, 1.165) is 6.42 Å². The Morgan fingerprint density at radius 2 is 1.89 bits per heavy atom. The number of carboxylic acid groups (broad SMARTS) is 1. The van der Waals surface area contributed by atoms with Crippen molar-refractivity contribution >= 4 is 17.6 Å². The zero-order chi connectivity index (χ0) is 14.4. The third-order valence-corrected chi connectivity index (χ3v) is 3.17. The summed E-state index contributed by atoms with van der Waals surface area (Å²) in [5.74, 6) is -1.41. The van der Waals surface area contributed by atoms with E-state index >= 15 is 0 Å². The van der Waals surface area contributed by atoms with E-state index in [9.17, 15) is 9.59 Å². The smallest absolute Gasteiger partial charge is 0.323 e. The first-order chi connectivity index (χ1) is 8.97. The van der Waals surface area contributed by atoms with Crippen LogP contribution in [0.15, 0.2) is 30.3 Å². The average Bonchev–Trinajstić information content (AvgIpc) is 2.43. The Morgan fingerprint density at radius 3 is 2.37 bits per heavy atom. The Balaban J connectivity index is 2.98. The molecular formula is C14H20N2O3. The molecule has 0 spiro atoms. The lowest BCUT2D eigenvalue weighted by Gasteiger charge is -2.26. The second-order valence-corrected chi connectivity index (χ2v) is 4.56. The molecule has 2 atom stereocenters. The van der Waals surface area contributed by atoms with Crippen molar-refractivity contribution < 1.29 is 14.7 Å². The Bertz CT molecular complexity index is 434. The van der Waals surface area contributed by atoms with Crippen LogP contribution in [-0.2, 0) is 9.59 Å². The Morgan fingerprint density at radius 1 is 1.32 bits per heavy atom. The number of hydrogen-bond acceptors (Lipinski definition) is 3. The van der Waals surface area contributed by atoms with Crippen LogP contribution in [-0.4, -0.2) is 29.6 Å². The maximum atomic E-state index is 12.3. The average molecular weight is 264 g/mol. The SMILES string of the molecule is CC[C@H](C)[C@H](N)C(=O)N(CC(=O)O)c1ccccc1. The molecule has 0 aliphatic heterocycles. The maximum absolute atomic E-state index is 12.3. The van der Waals surface area contributed by atoms with Gasteiger partial charge >= 0.3 is 5.97 Å². The molecule has 0 bridgehead atoms. The van der Waals surface area contributed by atoms with E-state index in [0.29, 0.717) is 5.69 Å². The lowest BCUT2D eigenvalue weighted by molar-refractivity contribution is -0.137. The second-order valence-electron chi connectivity index (χ2n) is 4.56. The minimum absolute atomic E-state index is 0.00695. The van der Waals surface area contributed by atoms with Crippen molar-refractivity contribution in [2.24, 2.45) is 11.7 Å². The molecule has 0 radical (unpaired) electrons. The number of para-hydroxylation sites is 1. The highest BCUT2D eigenvalue weighted by atomic mass is 16.4. The predicted molar refractivity (Wildman–Crippen MR) is 73.9 cm³/mol. The number of nitrogens with two attached hydrogens (primary N) is 1. The minimum Gasteiger partial charge on any atom is -0.480 e. The van der Waals surface area contributed by atoms with Crippen LogP contribution in [0.5, 0.6) is 0 Å². The maximum Gasteiger partial charge on any atom is 0.323 e. The second kappa shape index (κ2) is 6.89. The highest BCUT2D eigenvalue weighted by molar-refractivity contribution is 6.00. The monoisotopic (exact) mass is 264 g/mol. The van der Waals surface area contributed by atoms with Crippen LogP contribution in [0, 0.1) is 5.92 Å². The number of anilines is 1. The number of carbonyl (C=O) groups excluding carboxylic acids is 1. The Labute approximate surface area is 113 Å². The van der Waals surface area contributed by atoms with Gasteiger partial charge in [0, 0.05) is 5.69 Å². The molecule has 3 N–H and O–H groups in total. The number of aliphatic carboxylic acids is 1. The van der Waals surface area contributed by atoms with E-state index in [1.165, 1.54) is 4.90 Å². The molecule has 0 saturated heterocycles. The zero-order valence-corrected chi connectivity index (χ0v) is 11.2. The van der Waals surface area contributed by atoms with Gasteiger partial charge in [-0.25, -0.2) is 0 Å². The van der Waals surface area contributed by atoms with E-state index in [1.54, 1.807) is 24.3 Å². The van der Waals surface area contributed by atoms with Crippen LogP contribution in [0.3, 0.4) is 0 Å². The first kappa shape index (κ1) is 15.2. The number of nitrogens with zero attached hydrogens (tertiary/aromatic N) is 1. The normalized spacial score (nSPS) is 13.6. The summed E-state index contributed by atoms with van der Waals surface area (Å²) in [5, 5.41) is 8.94. The van der Waals surface area contributed by atoms with Crippen molar-refractivity contribution in [2.45, 2.75) is 26.3 Å². The van der Waals surface area contributed by atoms with Gasteiger partial charge in [0.05, 0.1) is 6.04 Å². The van der Waals surface area contributed by atoms with Crippen LogP contribution in [0.25, 0.3) is 0 Å². The van der Waals surface area contributed by atoms with Crippen molar-refractivity contribution in [1.82, 2.24) is 0 Å². The minimum atomic E-state index is -1.06. The molecule has 19 heavy (non-hydrogen) atoms. The first-order valence-corrected chi connectivity index (χ1v) is 6.31. The van der Waals surface area contributed by atoms with Crippen molar-refractivity contribution in [1.29, 1.82) is 0 Å². The molecule has 1 rings (SSSR count). The van der Waals surface area contributed by atoms with Gasteiger partial charge in [-0.1, -0.05) is 38.5 Å². The Hall–Kier alpha value is -1.88. The van der Waals surface area contributed by atoms with E-state index in [2.05, 4.69) is 0 Å². The van der Waals surface area contributed by atoms with E-state index in [-0.39, 0.29) is 18.4 Å². The van der Waals surface area contributed by atoms with Crippen LogP contribution in [0.4, 0.5) is 5.69 Å². The van der Waals surface area contributed by atoms with E-state index in [1.807, 2.05) is 19.9 Å². The molecule has 0 aliphatic rings. The summed E-state index contributed by atoms with van der Waals surface area (Å²) in [6.45, 7) is 3.45. The topological polar surface area (TPSA) is 83.6 Å². The highest BCUT2D eigenvalue weighted by Crippen LogP contribution is 2.17. The summed E-state index contributed by atoms with van der Waals surface area (Å²) in [7, 11) is 0. The summed E-state index contributed by atoms with van der Waals surface area (Å²) in [5.41, 5.74) is 6.45. The molecule has 5 heteroatoms. The van der Waals surface area contributed by atoms with Crippen molar-refractivity contribution in [3.05, 3.63) is 30.3 Å². The van der Waals surface area contributed by atoms with Gasteiger partial charge in [0.2, 0.25) is 5.91 Å². The van der Waals surface area contributed by atoms with E-state index in [4.69, 9.17) is 10.8 Å². The van der Waals surface area contributed by atoms with Crippen molar-refractivity contribution in [2.75, 3.05) is 11.4 Å². The predicted octanol–water partition coefficient (Wildman–Crippen LogP) is 1.48. The zero-order valence-electron chi connectivity index (χ0n) is 11.2. The van der Waals surface area contributed by atoms with Gasteiger partial charge in [-0.05, 0) is 18.1 Å². The van der Waals surface area contributed by atoms with Gasteiger partial charge in [0.1, 0.15) is 6.54 Å². The number of benzene rings is 1. The molecule has 5 nitrogen and oxygen atoms in total. The van der Waals surface area contributed by atoms with Crippen molar-refractivity contribution in [3.63, 3.8) is 0 Å². The number of rotatable bonds is 6. The van der Waals surface area contributed by atoms with Gasteiger partial charge in [0.15, 0.2) is 0 Å². The van der Waals surface area contributed by atoms with Gasteiger partial charge in [-0.15, -0.1) is 0 Å². The quantitative estimate of drug-likeness (QED) is 0.815. The summed E-state index contributed by atoms with van der Waals surface area (Å²) in [4.78, 5) is 24.5. The highest BCUT2D eigenvalue weighted by Gasteiger charge is 2.27. The molecule has 104 valence electrons. The molecule has 1 amide bonds. The van der Waals surface area contributed by atoms with Crippen LogP contribution in [0.1, 0.15) is 20.3 Å². The number of carboxylic acids is 1. The largest absolute Gasteiger partial charge is 0.480 e. The van der Waals surface area contributed by atoms with E-state index < -0.39 is 12.0 Å². The molecule has 1 aromatic rings.